The van der Waals surface area contributed by atoms with E-state index < -0.39 is 40.8 Å². The van der Waals surface area contributed by atoms with Crippen LogP contribution in [0, 0.1) is 11.3 Å². The second-order valence-corrected chi connectivity index (χ2v) is 7.01. The van der Waals surface area contributed by atoms with Crippen molar-refractivity contribution in [3.63, 3.8) is 0 Å². The number of quaternary nitrogens is 1. The topological polar surface area (TPSA) is 148 Å². The molecule has 1 amide bonds. The van der Waals surface area contributed by atoms with Gasteiger partial charge >= 0.3 is 18.1 Å². The molecule has 3 N–H and O–H groups in total. The molecule has 13 heteroatoms. The Kier molecular flexibility index (Phi) is 7.64. The molecule has 1 aliphatic rings. The molecule has 31 heavy (non-hydrogen) atoms. The predicted molar refractivity (Wildman–Crippen MR) is 98.3 cm³/mol. The normalized spacial score (nSPS) is 24.1. The Bertz CT molecular complexity index is 847. The molecule has 1 aromatic heterocycles. The highest BCUT2D eigenvalue weighted by molar-refractivity contribution is 5.84. The molecule has 3 atom stereocenters. The fraction of sp³-hybridized carbons (Fsp3) is 0.556. The van der Waals surface area contributed by atoms with Crippen molar-refractivity contribution in [2.75, 3.05) is 18.4 Å². The third-order valence-corrected chi connectivity index (χ3v) is 5.02. The number of halogens is 3. The monoisotopic (exact) mass is 443 g/mol. The van der Waals surface area contributed by atoms with Gasteiger partial charge in [-0.2, -0.15) is 18.4 Å². The SMILES string of the molecule is N#C[C@]1(C=O)CCC[N+]1(OC(=O)C(F)(F)F)C(=O)[C@H](CCCCN)Nc1cnccn1. The Hall–Kier alpha value is -3.11. The largest absolute Gasteiger partial charge is 0.497 e. The quantitative estimate of drug-likeness (QED) is 0.341. The zero-order valence-electron chi connectivity index (χ0n) is 16.5. The maximum Gasteiger partial charge on any atom is 0.497 e. The van der Waals surface area contributed by atoms with Crippen molar-refractivity contribution in [2.24, 2.45) is 5.73 Å². The van der Waals surface area contributed by atoms with Crippen molar-refractivity contribution >= 4 is 24.0 Å². The highest BCUT2D eigenvalue weighted by atomic mass is 19.4. The van der Waals surface area contributed by atoms with Crippen molar-refractivity contribution in [1.29, 1.82) is 5.26 Å². The maximum atomic E-state index is 13.5. The fourth-order valence-corrected chi connectivity index (χ4v) is 3.48. The summed E-state index contributed by atoms with van der Waals surface area (Å²) in [6.45, 7) is -0.145. The molecule has 10 nitrogen and oxygen atoms in total. The Morgan fingerprint density at radius 1 is 1.42 bits per heavy atom. The number of anilines is 1. The molecule has 168 valence electrons. The van der Waals surface area contributed by atoms with Gasteiger partial charge in [0.1, 0.15) is 24.5 Å². The average Bonchev–Trinajstić information content (AvgIpc) is 3.12. The van der Waals surface area contributed by atoms with Crippen LogP contribution >= 0.6 is 0 Å². The van der Waals surface area contributed by atoms with Crippen LogP contribution < -0.4 is 11.1 Å². The molecule has 1 aliphatic heterocycles. The van der Waals surface area contributed by atoms with Crippen LogP contribution in [0.4, 0.5) is 19.0 Å². The lowest BCUT2D eigenvalue weighted by Crippen LogP contribution is -2.68. The van der Waals surface area contributed by atoms with E-state index >= 15 is 0 Å². The predicted octanol–water partition coefficient (Wildman–Crippen LogP) is 1.01. The zero-order valence-corrected chi connectivity index (χ0v) is 16.5. The Labute approximate surface area is 175 Å². The first-order valence-electron chi connectivity index (χ1n) is 9.49. The Balaban J connectivity index is 2.50. The molecule has 2 rings (SSSR count). The number of carbonyl (C=O) groups is 3. The summed E-state index contributed by atoms with van der Waals surface area (Å²) in [5.74, 6) is -3.59. The van der Waals surface area contributed by atoms with Gasteiger partial charge in [-0.05, 0) is 30.5 Å². The van der Waals surface area contributed by atoms with Crippen molar-refractivity contribution in [2.45, 2.75) is 49.9 Å². The molecule has 0 aromatic carbocycles. The molecule has 2 heterocycles. The standard InChI is InChI=1S/C18H22F3N6O4/c19-18(20,21)16(30)31-27(9-3-5-17(27,11-23)12-28)15(29)13(4-1-2-6-22)26-14-10-24-7-8-25-14/h7-8,10,12-13H,1-6,9,22H2,(H,25,26)/q+1/t13-,17-,27?/m0/s1. The van der Waals surface area contributed by atoms with Gasteiger partial charge in [0.15, 0.2) is 6.29 Å². The number of aromatic nitrogens is 2. The first-order valence-corrected chi connectivity index (χ1v) is 9.49. The van der Waals surface area contributed by atoms with Crippen LogP contribution in [0.3, 0.4) is 0 Å². The summed E-state index contributed by atoms with van der Waals surface area (Å²) >= 11 is 0. The molecule has 0 spiro atoms. The second-order valence-electron chi connectivity index (χ2n) is 7.01. The number of aldehydes is 1. The van der Waals surface area contributed by atoms with Crippen LogP contribution in [-0.2, 0) is 19.2 Å². The zero-order chi connectivity index (χ0) is 23.1. The maximum absolute atomic E-state index is 13.5. The minimum atomic E-state index is -5.43. The Morgan fingerprint density at radius 2 is 2.16 bits per heavy atom. The number of hydrogen-bond donors (Lipinski definition) is 2. The van der Waals surface area contributed by atoms with E-state index in [9.17, 15) is 32.8 Å². The lowest BCUT2D eigenvalue weighted by molar-refractivity contribution is -1.04. The number of nitrogens with zero attached hydrogens (tertiary/aromatic N) is 4. The van der Waals surface area contributed by atoms with E-state index in [4.69, 9.17) is 5.73 Å². The van der Waals surface area contributed by atoms with Gasteiger partial charge in [0.25, 0.3) is 5.54 Å². The highest BCUT2D eigenvalue weighted by Crippen LogP contribution is 2.39. The van der Waals surface area contributed by atoms with Crippen LogP contribution in [-0.4, -0.2) is 63.6 Å². The fourth-order valence-electron chi connectivity index (χ4n) is 3.48. The van der Waals surface area contributed by atoms with Crippen LogP contribution in [0.25, 0.3) is 0 Å². The number of nitrogens with one attached hydrogen (secondary N) is 1. The summed E-state index contributed by atoms with van der Waals surface area (Å²) in [5, 5.41) is 12.4. The van der Waals surface area contributed by atoms with Crippen molar-refractivity contribution in [3.05, 3.63) is 18.6 Å². The number of amides is 1. The third-order valence-electron chi connectivity index (χ3n) is 5.02. The van der Waals surface area contributed by atoms with Gasteiger partial charge in [-0.3, -0.25) is 14.6 Å². The lowest BCUT2D eigenvalue weighted by atomic mass is 9.98. The number of likely N-dealkylation sites (tertiary alicyclic amines) is 1. The molecular formula is C18H22F3N6O4+. The van der Waals surface area contributed by atoms with Crippen LogP contribution in [0.2, 0.25) is 0 Å². The first kappa shape index (κ1) is 24.2. The summed E-state index contributed by atoms with van der Waals surface area (Å²) in [6, 6.07) is 0.378. The van der Waals surface area contributed by atoms with E-state index in [0.29, 0.717) is 19.4 Å². The van der Waals surface area contributed by atoms with Crippen molar-refractivity contribution in [1.82, 2.24) is 9.97 Å². The molecule has 1 unspecified atom stereocenters. The van der Waals surface area contributed by atoms with Crippen molar-refractivity contribution in [3.8, 4) is 6.07 Å². The molecule has 1 saturated heterocycles. The molecule has 0 radical (unpaired) electrons. The summed E-state index contributed by atoms with van der Waals surface area (Å²) in [4.78, 5) is 49.5. The van der Waals surface area contributed by atoms with Gasteiger partial charge in [-0.1, -0.05) is 0 Å². The van der Waals surface area contributed by atoms with Gasteiger partial charge in [0.2, 0.25) is 0 Å². The van der Waals surface area contributed by atoms with Gasteiger partial charge in [0.05, 0.1) is 6.20 Å². The summed E-state index contributed by atoms with van der Waals surface area (Å²) in [6.07, 6.45) is -0.602. The van der Waals surface area contributed by atoms with Gasteiger partial charge in [-0.25, -0.2) is 14.6 Å². The Morgan fingerprint density at radius 3 is 2.71 bits per heavy atom. The van der Waals surface area contributed by atoms with E-state index in [1.807, 2.05) is 0 Å². The minimum absolute atomic E-state index is 0.0177. The average molecular weight is 443 g/mol. The lowest BCUT2D eigenvalue weighted by Gasteiger charge is -2.37. The molecule has 0 saturated carbocycles. The molecule has 1 fully saturated rings. The van der Waals surface area contributed by atoms with E-state index in [1.54, 1.807) is 6.07 Å². The molecule has 0 bridgehead atoms. The summed E-state index contributed by atoms with van der Waals surface area (Å²) in [7, 11) is 0. The van der Waals surface area contributed by atoms with Gasteiger partial charge in [0, 0.05) is 25.2 Å². The van der Waals surface area contributed by atoms with E-state index in [2.05, 4.69) is 20.1 Å². The summed E-state index contributed by atoms with van der Waals surface area (Å²) < 4.78 is 37.2. The second kappa shape index (κ2) is 9.80. The minimum Gasteiger partial charge on any atom is -0.354 e. The van der Waals surface area contributed by atoms with Crippen molar-refractivity contribution < 1.29 is 37.0 Å². The number of unbranched alkanes of at least 4 members (excludes halogenated alkanes) is 1. The van der Waals surface area contributed by atoms with E-state index in [1.165, 1.54) is 18.6 Å². The van der Waals surface area contributed by atoms with E-state index in [0.717, 1.165) is 0 Å². The van der Waals surface area contributed by atoms with Gasteiger partial charge < -0.3 is 11.1 Å². The van der Waals surface area contributed by atoms with Crippen LogP contribution in [0.5, 0.6) is 0 Å². The number of alkyl halides is 3. The molecular weight excluding hydrogens is 421 g/mol. The number of carbonyl (C=O) groups excluding carboxylic acids is 3. The number of nitrogens with two attached hydrogens (primary N) is 1. The number of hydrogen-bond acceptors (Lipinski definition) is 9. The third kappa shape index (κ3) is 4.97. The number of nitriles is 1. The van der Waals surface area contributed by atoms with Crippen LogP contribution in [0.1, 0.15) is 32.1 Å². The van der Waals surface area contributed by atoms with Gasteiger partial charge in [-0.15, -0.1) is 0 Å². The number of hydroxylamine groups is 3. The van der Waals surface area contributed by atoms with E-state index in [-0.39, 0.29) is 31.4 Å². The first-order chi connectivity index (χ1) is 14.7. The molecule has 0 aliphatic carbocycles. The highest BCUT2D eigenvalue weighted by Gasteiger charge is 2.68. The van der Waals surface area contributed by atoms with Crippen LogP contribution in [0.15, 0.2) is 18.6 Å². The summed E-state index contributed by atoms with van der Waals surface area (Å²) in [5.41, 5.74) is 3.18. The number of rotatable bonds is 8. The molecule has 1 aromatic rings. The smallest absolute Gasteiger partial charge is 0.354 e.